The number of aldehydes is 1. The van der Waals surface area contributed by atoms with Crippen molar-refractivity contribution in [3.05, 3.63) is 22.5 Å². The molecule has 4 heteroatoms. The molecule has 1 unspecified atom stereocenters. The lowest BCUT2D eigenvalue weighted by Crippen LogP contribution is -2.05. The first-order valence-corrected chi connectivity index (χ1v) is 5.89. The number of carboxylic acids is 1. The van der Waals surface area contributed by atoms with E-state index in [4.69, 9.17) is 0 Å². The van der Waals surface area contributed by atoms with Crippen LogP contribution in [0.4, 0.5) is 0 Å². The van der Waals surface area contributed by atoms with Gasteiger partial charge in [-0.2, -0.15) is 0 Å². The first-order chi connectivity index (χ1) is 7.99. The molecule has 17 heavy (non-hydrogen) atoms. The molecule has 0 bridgehead atoms. The van der Waals surface area contributed by atoms with Crippen molar-refractivity contribution in [3.8, 4) is 0 Å². The lowest BCUT2D eigenvalue weighted by Gasteiger charge is -2.13. The SMILES string of the molecule is CCc1c(C(=O)O)c(C=O)n(C)c1C(C)CC. The Morgan fingerprint density at radius 1 is 1.47 bits per heavy atom. The molecule has 0 aliphatic rings. The number of aromatic nitrogens is 1. The number of carboxylic acid groups (broad SMARTS) is 1. The van der Waals surface area contributed by atoms with Crippen molar-refractivity contribution in [3.63, 3.8) is 0 Å². The van der Waals surface area contributed by atoms with Crippen molar-refractivity contribution >= 4 is 12.3 Å². The van der Waals surface area contributed by atoms with E-state index in [0.717, 1.165) is 17.7 Å². The summed E-state index contributed by atoms with van der Waals surface area (Å²) in [5.41, 5.74) is 2.19. The van der Waals surface area contributed by atoms with Crippen molar-refractivity contribution in [2.75, 3.05) is 0 Å². The Balaban J connectivity index is 3.60. The summed E-state index contributed by atoms with van der Waals surface area (Å²) in [6, 6.07) is 0. The van der Waals surface area contributed by atoms with Crippen LogP contribution in [0.3, 0.4) is 0 Å². The Morgan fingerprint density at radius 2 is 2.06 bits per heavy atom. The van der Waals surface area contributed by atoms with E-state index in [2.05, 4.69) is 13.8 Å². The maximum Gasteiger partial charge on any atom is 0.338 e. The Kier molecular flexibility index (Phi) is 4.10. The lowest BCUT2D eigenvalue weighted by molar-refractivity contribution is 0.0692. The number of carbonyl (C=O) groups is 2. The van der Waals surface area contributed by atoms with Crippen LogP contribution >= 0.6 is 0 Å². The first-order valence-electron chi connectivity index (χ1n) is 5.89. The quantitative estimate of drug-likeness (QED) is 0.801. The number of carbonyl (C=O) groups excluding carboxylic acids is 1. The zero-order valence-electron chi connectivity index (χ0n) is 10.8. The van der Waals surface area contributed by atoms with Gasteiger partial charge in [0.25, 0.3) is 0 Å². The third kappa shape index (κ3) is 2.12. The van der Waals surface area contributed by atoms with Crippen LogP contribution in [-0.4, -0.2) is 21.9 Å². The number of nitrogens with zero attached hydrogens (tertiary/aromatic N) is 1. The molecule has 1 heterocycles. The zero-order chi connectivity index (χ0) is 13.2. The minimum atomic E-state index is -1.02. The minimum absolute atomic E-state index is 0.167. The average Bonchev–Trinajstić information content (AvgIpc) is 2.60. The van der Waals surface area contributed by atoms with Crippen molar-refractivity contribution in [2.45, 2.75) is 39.5 Å². The van der Waals surface area contributed by atoms with Gasteiger partial charge in [0.1, 0.15) is 0 Å². The smallest absolute Gasteiger partial charge is 0.338 e. The van der Waals surface area contributed by atoms with E-state index >= 15 is 0 Å². The predicted octanol–water partition coefficient (Wildman–Crippen LogP) is 2.61. The van der Waals surface area contributed by atoms with Gasteiger partial charge in [-0.15, -0.1) is 0 Å². The maximum absolute atomic E-state index is 11.3. The second-order valence-electron chi connectivity index (χ2n) is 4.27. The summed E-state index contributed by atoms with van der Waals surface area (Å²) in [4.78, 5) is 22.3. The fourth-order valence-corrected chi connectivity index (χ4v) is 2.34. The van der Waals surface area contributed by atoms with Gasteiger partial charge in [0.15, 0.2) is 6.29 Å². The van der Waals surface area contributed by atoms with Crippen LogP contribution in [0.25, 0.3) is 0 Å². The third-order valence-electron chi connectivity index (χ3n) is 3.35. The third-order valence-corrected chi connectivity index (χ3v) is 3.35. The number of rotatable bonds is 5. The molecule has 0 aliphatic heterocycles. The van der Waals surface area contributed by atoms with E-state index in [1.165, 1.54) is 0 Å². The molecule has 0 saturated carbocycles. The van der Waals surface area contributed by atoms with Gasteiger partial charge in [0.05, 0.1) is 11.3 Å². The van der Waals surface area contributed by atoms with Crippen LogP contribution in [0.2, 0.25) is 0 Å². The highest BCUT2D eigenvalue weighted by Gasteiger charge is 2.26. The fourth-order valence-electron chi connectivity index (χ4n) is 2.34. The molecule has 0 radical (unpaired) electrons. The molecule has 0 aromatic carbocycles. The Labute approximate surface area is 101 Å². The molecule has 4 nitrogen and oxygen atoms in total. The highest BCUT2D eigenvalue weighted by atomic mass is 16.4. The highest BCUT2D eigenvalue weighted by Crippen LogP contribution is 2.29. The minimum Gasteiger partial charge on any atom is -0.478 e. The molecule has 0 spiro atoms. The van der Waals surface area contributed by atoms with Crippen LogP contribution in [0.15, 0.2) is 0 Å². The van der Waals surface area contributed by atoms with Crippen molar-refractivity contribution in [1.29, 1.82) is 0 Å². The number of aromatic carboxylic acids is 1. The van der Waals surface area contributed by atoms with Crippen molar-refractivity contribution in [2.24, 2.45) is 7.05 Å². The van der Waals surface area contributed by atoms with Gasteiger partial charge in [0, 0.05) is 12.7 Å². The normalized spacial score (nSPS) is 12.5. The van der Waals surface area contributed by atoms with Gasteiger partial charge in [-0.3, -0.25) is 4.79 Å². The molecule has 1 aromatic heterocycles. The average molecular weight is 237 g/mol. The predicted molar refractivity (Wildman–Crippen MR) is 65.8 cm³/mol. The van der Waals surface area contributed by atoms with Gasteiger partial charge < -0.3 is 9.67 Å². The molecule has 1 aromatic rings. The molecule has 0 saturated heterocycles. The summed E-state index contributed by atoms with van der Waals surface area (Å²) in [6.07, 6.45) is 2.18. The molecule has 1 atom stereocenters. The summed E-state index contributed by atoms with van der Waals surface area (Å²) in [5.74, 6) is -0.768. The maximum atomic E-state index is 11.3. The Morgan fingerprint density at radius 3 is 2.41 bits per heavy atom. The van der Waals surface area contributed by atoms with Crippen LogP contribution in [0, 0.1) is 0 Å². The highest BCUT2D eigenvalue weighted by molar-refractivity contribution is 5.98. The lowest BCUT2D eigenvalue weighted by atomic mass is 9.97. The summed E-state index contributed by atoms with van der Waals surface area (Å²) >= 11 is 0. The van der Waals surface area contributed by atoms with Crippen LogP contribution in [-0.2, 0) is 13.5 Å². The van der Waals surface area contributed by atoms with Crippen molar-refractivity contribution in [1.82, 2.24) is 4.57 Å². The van der Waals surface area contributed by atoms with Crippen LogP contribution < -0.4 is 0 Å². The first kappa shape index (κ1) is 13.5. The van der Waals surface area contributed by atoms with Gasteiger partial charge >= 0.3 is 5.97 Å². The van der Waals surface area contributed by atoms with E-state index in [1.807, 2.05) is 6.92 Å². The van der Waals surface area contributed by atoms with Gasteiger partial charge in [-0.1, -0.05) is 20.8 Å². The summed E-state index contributed by atoms with van der Waals surface area (Å²) in [6.45, 7) is 6.02. The van der Waals surface area contributed by atoms with Crippen LogP contribution in [0.5, 0.6) is 0 Å². The van der Waals surface area contributed by atoms with Gasteiger partial charge in [-0.05, 0) is 24.3 Å². The van der Waals surface area contributed by atoms with E-state index in [0.29, 0.717) is 12.7 Å². The van der Waals surface area contributed by atoms with Gasteiger partial charge in [-0.25, -0.2) is 4.79 Å². The second kappa shape index (κ2) is 5.17. The monoisotopic (exact) mass is 237 g/mol. The molecule has 1 N–H and O–H groups in total. The Bertz CT molecular complexity index is 446. The molecule has 0 aliphatic carbocycles. The zero-order valence-corrected chi connectivity index (χ0v) is 10.8. The van der Waals surface area contributed by atoms with E-state index in [9.17, 15) is 14.7 Å². The Hall–Kier alpha value is -1.58. The van der Waals surface area contributed by atoms with Crippen LogP contribution in [0.1, 0.15) is 65.2 Å². The molecule has 1 rings (SSSR count). The summed E-state index contributed by atoms with van der Waals surface area (Å²) < 4.78 is 1.73. The standard InChI is InChI=1S/C13H19NO3/c1-5-8(3)12-9(6-2)11(13(16)17)10(7-15)14(12)4/h7-8H,5-6H2,1-4H3,(H,16,17). The number of hydrogen-bond acceptors (Lipinski definition) is 2. The molecular formula is C13H19NO3. The number of hydrogen-bond donors (Lipinski definition) is 1. The molecule has 0 amide bonds. The van der Waals surface area contributed by atoms with E-state index in [1.54, 1.807) is 11.6 Å². The van der Waals surface area contributed by atoms with E-state index < -0.39 is 5.97 Å². The van der Waals surface area contributed by atoms with Crippen molar-refractivity contribution < 1.29 is 14.7 Å². The molecular weight excluding hydrogens is 218 g/mol. The van der Waals surface area contributed by atoms with E-state index in [-0.39, 0.29) is 17.2 Å². The topological polar surface area (TPSA) is 59.3 Å². The van der Waals surface area contributed by atoms with Gasteiger partial charge in [0.2, 0.25) is 0 Å². The second-order valence-corrected chi connectivity index (χ2v) is 4.27. The summed E-state index contributed by atoms with van der Waals surface area (Å²) in [5, 5.41) is 9.23. The molecule has 94 valence electrons. The fraction of sp³-hybridized carbons (Fsp3) is 0.538. The largest absolute Gasteiger partial charge is 0.478 e. The summed E-state index contributed by atoms with van der Waals surface area (Å²) in [7, 11) is 1.76. The molecule has 0 fully saturated rings.